The van der Waals surface area contributed by atoms with Crippen LogP contribution in [0.3, 0.4) is 0 Å². The molecule has 2 unspecified atom stereocenters. The first-order chi connectivity index (χ1) is 11.1. The van der Waals surface area contributed by atoms with Gasteiger partial charge >= 0.3 is 0 Å². The van der Waals surface area contributed by atoms with Crippen molar-refractivity contribution in [2.75, 3.05) is 39.4 Å². The molecule has 0 aliphatic carbocycles. The molecule has 1 amide bonds. The molecule has 0 radical (unpaired) electrons. The van der Waals surface area contributed by atoms with E-state index in [4.69, 9.17) is 4.74 Å². The smallest absolute Gasteiger partial charge is 0.223 e. The minimum Gasteiger partial charge on any atom is -0.382 e. The maximum Gasteiger partial charge on any atom is 0.223 e. The van der Waals surface area contributed by atoms with Gasteiger partial charge in [-0.25, -0.2) is 0 Å². The zero-order valence-electron chi connectivity index (χ0n) is 15.1. The molecule has 5 nitrogen and oxygen atoms in total. The Bertz CT molecular complexity index is 364. The second kappa shape index (κ2) is 9.60. The van der Waals surface area contributed by atoms with Gasteiger partial charge in [-0.3, -0.25) is 4.79 Å². The summed E-state index contributed by atoms with van der Waals surface area (Å²) in [6, 6.07) is 0.806. The van der Waals surface area contributed by atoms with Crippen molar-refractivity contribution < 1.29 is 9.53 Å². The Hall–Kier alpha value is -0.650. The molecule has 2 heterocycles. The molecule has 23 heavy (non-hydrogen) atoms. The summed E-state index contributed by atoms with van der Waals surface area (Å²) in [4.78, 5) is 15.0. The Morgan fingerprint density at radius 3 is 2.87 bits per heavy atom. The summed E-state index contributed by atoms with van der Waals surface area (Å²) in [7, 11) is 0. The SMILES string of the molecule is CCOCCCN1CCC(NC(=O)[C@H]2CCN[C@@H](C)C2)C(C)C1. The molecule has 0 aromatic carbocycles. The highest BCUT2D eigenvalue weighted by Crippen LogP contribution is 2.20. The number of hydrogen-bond donors (Lipinski definition) is 2. The summed E-state index contributed by atoms with van der Waals surface area (Å²) in [6.07, 6.45) is 4.12. The van der Waals surface area contributed by atoms with Gasteiger partial charge in [0.05, 0.1) is 0 Å². The molecule has 134 valence electrons. The van der Waals surface area contributed by atoms with Crippen molar-refractivity contribution in [3.05, 3.63) is 0 Å². The van der Waals surface area contributed by atoms with Crippen molar-refractivity contribution in [1.82, 2.24) is 15.5 Å². The maximum absolute atomic E-state index is 12.5. The van der Waals surface area contributed by atoms with E-state index in [1.165, 1.54) is 0 Å². The van der Waals surface area contributed by atoms with Crippen LogP contribution in [0, 0.1) is 11.8 Å². The maximum atomic E-state index is 12.5. The Balaban J connectivity index is 1.70. The predicted octanol–water partition coefficient (Wildman–Crippen LogP) is 1.63. The molecule has 0 saturated carbocycles. The number of piperidine rings is 2. The van der Waals surface area contributed by atoms with E-state index in [-0.39, 0.29) is 11.8 Å². The third kappa shape index (κ3) is 6.05. The number of rotatable bonds is 7. The number of nitrogens with zero attached hydrogens (tertiary/aromatic N) is 1. The quantitative estimate of drug-likeness (QED) is 0.699. The van der Waals surface area contributed by atoms with Crippen LogP contribution in [0.5, 0.6) is 0 Å². The summed E-state index contributed by atoms with van der Waals surface area (Å²) in [5.41, 5.74) is 0. The third-order valence-corrected chi connectivity index (χ3v) is 5.28. The second-order valence-electron chi connectivity index (χ2n) is 7.31. The molecule has 2 N–H and O–H groups in total. The van der Waals surface area contributed by atoms with Crippen LogP contribution in [0.25, 0.3) is 0 Å². The number of carbonyl (C=O) groups excluding carboxylic acids is 1. The molecule has 2 aliphatic rings. The predicted molar refractivity (Wildman–Crippen MR) is 93.5 cm³/mol. The van der Waals surface area contributed by atoms with E-state index < -0.39 is 0 Å². The van der Waals surface area contributed by atoms with Crippen LogP contribution >= 0.6 is 0 Å². The third-order valence-electron chi connectivity index (χ3n) is 5.28. The van der Waals surface area contributed by atoms with Crippen LogP contribution in [0.4, 0.5) is 0 Å². The molecule has 5 heteroatoms. The van der Waals surface area contributed by atoms with Crippen LogP contribution in [0.1, 0.15) is 46.5 Å². The Morgan fingerprint density at radius 2 is 2.17 bits per heavy atom. The first-order valence-electron chi connectivity index (χ1n) is 9.44. The van der Waals surface area contributed by atoms with Gasteiger partial charge in [-0.15, -0.1) is 0 Å². The van der Waals surface area contributed by atoms with Gasteiger partial charge in [0.15, 0.2) is 0 Å². The lowest BCUT2D eigenvalue weighted by atomic mass is 9.89. The lowest BCUT2D eigenvalue weighted by Gasteiger charge is -2.38. The molecule has 2 fully saturated rings. The monoisotopic (exact) mass is 325 g/mol. The topological polar surface area (TPSA) is 53.6 Å². The van der Waals surface area contributed by atoms with Gasteiger partial charge in [0, 0.05) is 50.8 Å². The first kappa shape index (κ1) is 18.7. The summed E-state index contributed by atoms with van der Waals surface area (Å²) >= 11 is 0. The highest BCUT2D eigenvalue weighted by molar-refractivity contribution is 5.79. The Labute approximate surface area is 141 Å². The van der Waals surface area contributed by atoms with Gasteiger partial charge < -0.3 is 20.3 Å². The van der Waals surface area contributed by atoms with Crippen molar-refractivity contribution in [2.45, 2.75) is 58.5 Å². The number of ether oxygens (including phenoxy) is 1. The van der Waals surface area contributed by atoms with E-state index >= 15 is 0 Å². The molecule has 0 aromatic rings. The second-order valence-corrected chi connectivity index (χ2v) is 7.31. The molecule has 0 spiro atoms. The average Bonchev–Trinajstić information content (AvgIpc) is 2.54. The molecule has 4 atom stereocenters. The molecular weight excluding hydrogens is 290 g/mol. The van der Waals surface area contributed by atoms with Crippen molar-refractivity contribution in [3.8, 4) is 0 Å². The van der Waals surface area contributed by atoms with Crippen LogP contribution in [0.15, 0.2) is 0 Å². The number of likely N-dealkylation sites (tertiary alicyclic amines) is 1. The van der Waals surface area contributed by atoms with Gasteiger partial charge in [-0.05, 0) is 52.0 Å². The molecule has 2 aliphatic heterocycles. The molecule has 2 saturated heterocycles. The van der Waals surface area contributed by atoms with Crippen LogP contribution in [-0.2, 0) is 9.53 Å². The zero-order chi connectivity index (χ0) is 16.7. The van der Waals surface area contributed by atoms with Gasteiger partial charge in [-0.2, -0.15) is 0 Å². The van der Waals surface area contributed by atoms with Crippen LogP contribution < -0.4 is 10.6 Å². The Morgan fingerprint density at radius 1 is 1.35 bits per heavy atom. The fourth-order valence-corrected chi connectivity index (χ4v) is 3.85. The van der Waals surface area contributed by atoms with Gasteiger partial charge in [0.1, 0.15) is 0 Å². The fourth-order valence-electron chi connectivity index (χ4n) is 3.85. The zero-order valence-corrected chi connectivity index (χ0v) is 15.1. The normalized spacial score (nSPS) is 32.7. The molecular formula is C18H35N3O2. The highest BCUT2D eigenvalue weighted by Gasteiger charge is 2.30. The first-order valence-corrected chi connectivity index (χ1v) is 9.44. The molecule has 0 aromatic heterocycles. The lowest BCUT2D eigenvalue weighted by molar-refractivity contribution is -0.127. The number of hydrogen-bond acceptors (Lipinski definition) is 4. The number of nitrogens with one attached hydrogen (secondary N) is 2. The summed E-state index contributed by atoms with van der Waals surface area (Å²) < 4.78 is 5.41. The van der Waals surface area contributed by atoms with E-state index in [2.05, 4.69) is 29.4 Å². The highest BCUT2D eigenvalue weighted by atomic mass is 16.5. The standard InChI is InChI=1S/C18H35N3O2/c1-4-23-11-5-9-21-10-7-17(14(2)13-21)20-18(22)16-6-8-19-15(3)12-16/h14-17,19H,4-13H2,1-3H3,(H,20,22)/t14?,15-,16-,17?/m0/s1. The fraction of sp³-hybridized carbons (Fsp3) is 0.944. The van der Waals surface area contributed by atoms with E-state index in [0.29, 0.717) is 18.0 Å². The van der Waals surface area contributed by atoms with Gasteiger partial charge in [0.25, 0.3) is 0 Å². The van der Waals surface area contributed by atoms with Crippen LogP contribution in [-0.4, -0.2) is 62.3 Å². The number of amides is 1. The molecule has 0 bridgehead atoms. The van der Waals surface area contributed by atoms with Crippen molar-refractivity contribution in [3.63, 3.8) is 0 Å². The van der Waals surface area contributed by atoms with Crippen LogP contribution in [0.2, 0.25) is 0 Å². The largest absolute Gasteiger partial charge is 0.382 e. The van der Waals surface area contributed by atoms with Crippen molar-refractivity contribution in [2.24, 2.45) is 11.8 Å². The minimum atomic E-state index is 0.197. The summed E-state index contributed by atoms with van der Waals surface area (Å²) in [5, 5.41) is 6.75. The van der Waals surface area contributed by atoms with E-state index in [1.807, 2.05) is 6.92 Å². The average molecular weight is 325 g/mol. The summed E-state index contributed by atoms with van der Waals surface area (Å²) in [5.74, 6) is 1.00. The van der Waals surface area contributed by atoms with E-state index in [0.717, 1.165) is 65.1 Å². The van der Waals surface area contributed by atoms with Gasteiger partial charge in [-0.1, -0.05) is 6.92 Å². The van der Waals surface area contributed by atoms with Crippen molar-refractivity contribution >= 4 is 5.91 Å². The van der Waals surface area contributed by atoms with Crippen molar-refractivity contribution in [1.29, 1.82) is 0 Å². The number of carbonyl (C=O) groups is 1. The summed E-state index contributed by atoms with van der Waals surface area (Å²) in [6.45, 7) is 12.4. The molecule has 2 rings (SSSR count). The van der Waals surface area contributed by atoms with E-state index in [9.17, 15) is 4.79 Å². The lowest BCUT2D eigenvalue weighted by Crippen LogP contribution is -2.52. The Kier molecular flexibility index (Phi) is 7.80. The van der Waals surface area contributed by atoms with Gasteiger partial charge in [0.2, 0.25) is 5.91 Å². The minimum absolute atomic E-state index is 0.197. The van der Waals surface area contributed by atoms with E-state index in [1.54, 1.807) is 0 Å².